The van der Waals surface area contributed by atoms with Crippen molar-refractivity contribution in [3.05, 3.63) is 10.8 Å². The lowest BCUT2D eigenvalue weighted by Crippen LogP contribution is -2.17. The molecule has 0 unspecified atom stereocenters. The van der Waals surface area contributed by atoms with Crippen molar-refractivity contribution < 1.29 is 13.5 Å². The summed E-state index contributed by atoms with van der Waals surface area (Å²) >= 11 is 0.926. The molecule has 0 aliphatic carbocycles. The SMILES string of the molecule is COC(F)(F)c1nsc(C)n1. The Hall–Kier alpha value is -0.620. The van der Waals surface area contributed by atoms with E-state index in [2.05, 4.69) is 14.1 Å². The molecule has 0 fully saturated rings. The van der Waals surface area contributed by atoms with E-state index >= 15 is 0 Å². The van der Waals surface area contributed by atoms with Crippen LogP contribution in [0.1, 0.15) is 10.8 Å². The molecule has 0 aromatic carbocycles. The van der Waals surface area contributed by atoms with Gasteiger partial charge in [-0.05, 0) is 18.5 Å². The van der Waals surface area contributed by atoms with Gasteiger partial charge in [0.1, 0.15) is 5.01 Å². The number of aryl methyl sites for hydroxylation is 1. The van der Waals surface area contributed by atoms with Crippen LogP contribution < -0.4 is 0 Å². The molecule has 1 aromatic heterocycles. The fraction of sp³-hybridized carbons (Fsp3) is 0.600. The summed E-state index contributed by atoms with van der Waals surface area (Å²) in [5.74, 6) is -0.567. The molecule has 3 nitrogen and oxygen atoms in total. The summed E-state index contributed by atoms with van der Waals surface area (Å²) in [7, 11) is 0.913. The number of nitrogens with zero attached hydrogens (tertiary/aromatic N) is 2. The zero-order valence-electron chi connectivity index (χ0n) is 5.97. The van der Waals surface area contributed by atoms with Crippen LogP contribution in [0, 0.1) is 6.92 Å². The Morgan fingerprint density at radius 3 is 2.55 bits per heavy atom. The van der Waals surface area contributed by atoms with Gasteiger partial charge in [-0.3, -0.25) is 0 Å². The maximum Gasteiger partial charge on any atom is 0.418 e. The van der Waals surface area contributed by atoms with Crippen LogP contribution in [0.2, 0.25) is 0 Å². The quantitative estimate of drug-likeness (QED) is 0.692. The second-order valence-electron chi connectivity index (χ2n) is 1.86. The summed E-state index contributed by atoms with van der Waals surface area (Å²) in [6.45, 7) is 1.60. The molecule has 0 N–H and O–H groups in total. The Labute approximate surface area is 66.2 Å². The molecule has 0 aliphatic rings. The largest absolute Gasteiger partial charge is 0.418 e. The maximum atomic E-state index is 12.6. The normalized spacial score (nSPS) is 12.0. The Kier molecular flexibility index (Phi) is 2.15. The second kappa shape index (κ2) is 2.78. The predicted molar refractivity (Wildman–Crippen MR) is 35.5 cm³/mol. The van der Waals surface area contributed by atoms with Crippen molar-refractivity contribution in [3.63, 3.8) is 0 Å². The number of methoxy groups -OCH3 is 1. The van der Waals surface area contributed by atoms with Gasteiger partial charge in [-0.25, -0.2) is 4.98 Å². The first-order chi connectivity index (χ1) is 5.06. The third-order valence-corrected chi connectivity index (χ3v) is 1.66. The van der Waals surface area contributed by atoms with E-state index in [1.807, 2.05) is 0 Å². The zero-order chi connectivity index (χ0) is 8.48. The van der Waals surface area contributed by atoms with Gasteiger partial charge in [0.05, 0.1) is 0 Å². The number of aromatic nitrogens is 2. The summed E-state index contributed by atoms with van der Waals surface area (Å²) < 4.78 is 32.4. The van der Waals surface area contributed by atoms with E-state index in [-0.39, 0.29) is 0 Å². The summed E-state index contributed by atoms with van der Waals surface area (Å²) in [4.78, 5) is 3.49. The highest BCUT2D eigenvalue weighted by Gasteiger charge is 2.36. The highest BCUT2D eigenvalue weighted by Crippen LogP contribution is 2.26. The summed E-state index contributed by atoms with van der Waals surface area (Å²) in [6, 6.07) is 0. The van der Waals surface area contributed by atoms with Gasteiger partial charge in [-0.2, -0.15) is 13.2 Å². The lowest BCUT2D eigenvalue weighted by molar-refractivity contribution is -0.236. The average Bonchev–Trinajstić information content (AvgIpc) is 2.36. The molecule has 0 aliphatic heterocycles. The third kappa shape index (κ3) is 1.69. The molecule has 0 saturated carbocycles. The van der Waals surface area contributed by atoms with Crippen molar-refractivity contribution in [2.24, 2.45) is 0 Å². The van der Waals surface area contributed by atoms with E-state index in [1.165, 1.54) is 0 Å². The van der Waals surface area contributed by atoms with Crippen LogP contribution in [0.4, 0.5) is 8.78 Å². The topological polar surface area (TPSA) is 35.0 Å². The molecule has 1 aromatic rings. The number of rotatable bonds is 2. The van der Waals surface area contributed by atoms with E-state index in [0.717, 1.165) is 18.6 Å². The zero-order valence-corrected chi connectivity index (χ0v) is 6.78. The molecule has 1 rings (SSSR count). The van der Waals surface area contributed by atoms with Crippen LogP contribution in [-0.4, -0.2) is 16.5 Å². The van der Waals surface area contributed by atoms with Gasteiger partial charge in [-0.15, -0.1) is 0 Å². The minimum atomic E-state index is -3.36. The van der Waals surface area contributed by atoms with Crippen molar-refractivity contribution >= 4 is 11.5 Å². The maximum absolute atomic E-state index is 12.6. The van der Waals surface area contributed by atoms with Crippen LogP contribution in [0.3, 0.4) is 0 Å². The first kappa shape index (κ1) is 8.48. The number of hydrogen-bond donors (Lipinski definition) is 0. The molecule has 6 heteroatoms. The predicted octanol–water partition coefficient (Wildman–Crippen LogP) is 1.54. The van der Waals surface area contributed by atoms with E-state index < -0.39 is 11.9 Å². The molecule has 0 spiro atoms. The number of alkyl halides is 2. The fourth-order valence-corrected chi connectivity index (χ4v) is 1.00. The molecular weight excluding hydrogens is 174 g/mol. The monoisotopic (exact) mass is 180 g/mol. The fourth-order valence-electron chi connectivity index (χ4n) is 0.509. The molecule has 0 bridgehead atoms. The van der Waals surface area contributed by atoms with Gasteiger partial charge in [0.25, 0.3) is 0 Å². The van der Waals surface area contributed by atoms with Gasteiger partial charge in [0.15, 0.2) is 0 Å². The van der Waals surface area contributed by atoms with Crippen molar-refractivity contribution in [1.82, 2.24) is 9.36 Å². The Bertz CT molecular complexity index is 250. The Balaban J connectivity index is 2.92. The minimum absolute atomic E-state index is 0.497. The molecule has 0 saturated heterocycles. The first-order valence-electron chi connectivity index (χ1n) is 2.80. The van der Waals surface area contributed by atoms with Crippen molar-refractivity contribution in [2.75, 3.05) is 7.11 Å². The second-order valence-corrected chi connectivity index (χ2v) is 2.81. The summed E-state index contributed by atoms with van der Waals surface area (Å²) in [5.41, 5.74) is 0. The Morgan fingerprint density at radius 1 is 1.55 bits per heavy atom. The molecule has 0 amide bonds. The van der Waals surface area contributed by atoms with Gasteiger partial charge >= 0.3 is 6.11 Å². The van der Waals surface area contributed by atoms with Crippen LogP contribution in [0.15, 0.2) is 0 Å². The molecule has 0 radical (unpaired) electrons. The van der Waals surface area contributed by atoms with Crippen LogP contribution in [0.25, 0.3) is 0 Å². The van der Waals surface area contributed by atoms with E-state index in [1.54, 1.807) is 6.92 Å². The van der Waals surface area contributed by atoms with Crippen molar-refractivity contribution in [3.8, 4) is 0 Å². The molecule has 62 valence electrons. The first-order valence-corrected chi connectivity index (χ1v) is 3.57. The smallest absolute Gasteiger partial charge is 0.317 e. The van der Waals surface area contributed by atoms with Crippen LogP contribution in [-0.2, 0) is 10.8 Å². The van der Waals surface area contributed by atoms with Crippen LogP contribution in [0.5, 0.6) is 0 Å². The Morgan fingerprint density at radius 2 is 2.18 bits per heavy atom. The van der Waals surface area contributed by atoms with Gasteiger partial charge in [0.2, 0.25) is 5.82 Å². The minimum Gasteiger partial charge on any atom is -0.317 e. The number of halogens is 2. The highest BCUT2D eigenvalue weighted by molar-refractivity contribution is 7.05. The van der Waals surface area contributed by atoms with Crippen molar-refractivity contribution in [2.45, 2.75) is 13.0 Å². The third-order valence-electron chi connectivity index (χ3n) is 1.04. The van der Waals surface area contributed by atoms with E-state index in [9.17, 15) is 8.78 Å². The molecular formula is C5H6F2N2OS. The molecule has 11 heavy (non-hydrogen) atoms. The molecule has 1 heterocycles. The number of ether oxygens (including phenoxy) is 1. The van der Waals surface area contributed by atoms with Crippen molar-refractivity contribution in [1.29, 1.82) is 0 Å². The van der Waals surface area contributed by atoms with Crippen LogP contribution >= 0.6 is 11.5 Å². The van der Waals surface area contributed by atoms with E-state index in [0.29, 0.717) is 5.01 Å². The van der Waals surface area contributed by atoms with E-state index in [4.69, 9.17) is 0 Å². The van der Waals surface area contributed by atoms with Gasteiger partial charge in [-0.1, -0.05) is 0 Å². The average molecular weight is 180 g/mol. The summed E-state index contributed by atoms with van der Waals surface area (Å²) in [6.07, 6.45) is -3.36. The van der Waals surface area contributed by atoms with Gasteiger partial charge in [0, 0.05) is 7.11 Å². The lowest BCUT2D eigenvalue weighted by Gasteiger charge is -2.07. The summed E-state index contributed by atoms with van der Waals surface area (Å²) in [5, 5.41) is 0.497. The molecule has 0 atom stereocenters. The lowest BCUT2D eigenvalue weighted by atomic mass is 10.6. The van der Waals surface area contributed by atoms with Gasteiger partial charge < -0.3 is 4.74 Å². The standard InChI is InChI=1S/C5H6F2N2OS/c1-3-8-4(9-11-3)5(6,7)10-2/h1-2H3. The number of hydrogen-bond acceptors (Lipinski definition) is 4. The highest BCUT2D eigenvalue weighted by atomic mass is 32.1.